The monoisotopic (exact) mass is 509 g/mol. The zero-order valence-corrected chi connectivity index (χ0v) is 21.8. The van der Waals surface area contributed by atoms with Gasteiger partial charge in [0.1, 0.15) is 4.21 Å². The van der Waals surface area contributed by atoms with Gasteiger partial charge in [0.25, 0.3) is 10.0 Å². The van der Waals surface area contributed by atoms with Crippen LogP contribution in [-0.2, 0) is 14.8 Å². The van der Waals surface area contributed by atoms with Crippen molar-refractivity contribution in [3.63, 3.8) is 0 Å². The van der Waals surface area contributed by atoms with Gasteiger partial charge in [-0.2, -0.15) is 4.31 Å². The summed E-state index contributed by atoms with van der Waals surface area (Å²) in [5.74, 6) is -0.488. The van der Waals surface area contributed by atoms with E-state index in [0.717, 1.165) is 18.7 Å². The van der Waals surface area contributed by atoms with Crippen LogP contribution in [0.15, 0.2) is 70.3 Å². The molecule has 6 nitrogen and oxygen atoms in total. The van der Waals surface area contributed by atoms with Crippen LogP contribution in [0.25, 0.3) is 0 Å². The first kappa shape index (κ1) is 24.0. The summed E-state index contributed by atoms with van der Waals surface area (Å²) in [6.45, 7) is 7.59. The lowest BCUT2D eigenvalue weighted by Gasteiger charge is -2.38. The quantitative estimate of drug-likeness (QED) is 0.519. The van der Waals surface area contributed by atoms with Crippen LogP contribution in [-0.4, -0.2) is 62.8 Å². The standard InChI is InChI=1S/C27H31N3O3S2/c1-20-10-11-21(2)25(17-20)28-12-14-29(15-13-28)27(31)24-19-30(35(32,33)26-9-6-16-34-26)18-23(24)22-7-4-3-5-8-22/h3-11,16-17,23-24H,12-15,18-19H2,1-2H3. The maximum absolute atomic E-state index is 13.8. The van der Waals surface area contributed by atoms with Crippen molar-refractivity contribution >= 4 is 33.0 Å². The first-order valence-electron chi connectivity index (χ1n) is 12.0. The van der Waals surface area contributed by atoms with Crippen molar-refractivity contribution in [3.8, 4) is 0 Å². The average Bonchev–Trinajstić information content (AvgIpc) is 3.57. The Morgan fingerprint density at radius 3 is 2.34 bits per heavy atom. The van der Waals surface area contributed by atoms with Gasteiger partial charge in [-0.25, -0.2) is 8.42 Å². The van der Waals surface area contributed by atoms with Crippen LogP contribution in [0, 0.1) is 19.8 Å². The minimum absolute atomic E-state index is 0.0587. The minimum atomic E-state index is -3.61. The topological polar surface area (TPSA) is 60.9 Å². The molecule has 2 aliphatic heterocycles. The van der Waals surface area contributed by atoms with Gasteiger partial charge in [-0.3, -0.25) is 4.79 Å². The number of thiophene rings is 1. The zero-order chi connectivity index (χ0) is 24.6. The Bertz CT molecular complexity index is 1280. The lowest BCUT2D eigenvalue weighted by Crippen LogP contribution is -2.51. The fourth-order valence-corrected chi connectivity index (χ4v) is 7.89. The van der Waals surface area contributed by atoms with E-state index in [1.807, 2.05) is 35.2 Å². The van der Waals surface area contributed by atoms with Crippen molar-refractivity contribution in [3.05, 3.63) is 82.7 Å². The predicted molar refractivity (Wildman–Crippen MR) is 140 cm³/mol. The third kappa shape index (κ3) is 4.75. The van der Waals surface area contributed by atoms with E-state index in [-0.39, 0.29) is 24.3 Å². The van der Waals surface area contributed by atoms with Crippen molar-refractivity contribution in [1.82, 2.24) is 9.21 Å². The Balaban J connectivity index is 1.35. The van der Waals surface area contributed by atoms with E-state index in [0.29, 0.717) is 23.8 Å². The third-order valence-corrected chi connectivity index (χ3v) is 10.4. The molecule has 2 fully saturated rings. The third-order valence-electron chi connectivity index (χ3n) is 7.22. The molecule has 0 spiro atoms. The molecule has 1 amide bonds. The Hall–Kier alpha value is -2.68. The SMILES string of the molecule is Cc1ccc(C)c(N2CCN(C(=O)C3CN(S(=O)(=O)c4cccs4)CC3c3ccccc3)CC2)c1. The summed E-state index contributed by atoms with van der Waals surface area (Å²) in [5, 5.41) is 1.77. The Morgan fingerprint density at radius 1 is 0.914 bits per heavy atom. The molecule has 2 atom stereocenters. The van der Waals surface area contributed by atoms with Gasteiger partial charge < -0.3 is 9.80 Å². The Morgan fingerprint density at radius 2 is 1.66 bits per heavy atom. The van der Waals surface area contributed by atoms with E-state index in [2.05, 4.69) is 36.9 Å². The van der Waals surface area contributed by atoms with Crippen molar-refractivity contribution in [2.24, 2.45) is 5.92 Å². The molecular formula is C27H31N3O3S2. The van der Waals surface area contributed by atoms with E-state index < -0.39 is 10.0 Å². The van der Waals surface area contributed by atoms with Crippen LogP contribution in [0.5, 0.6) is 0 Å². The molecule has 0 N–H and O–H groups in total. The van der Waals surface area contributed by atoms with Gasteiger partial charge in [-0.15, -0.1) is 11.3 Å². The molecule has 3 heterocycles. The Kier molecular flexibility index (Phi) is 6.70. The summed E-state index contributed by atoms with van der Waals surface area (Å²) in [6, 6.07) is 19.7. The normalized spacial score (nSPS) is 21.4. The molecule has 2 aromatic carbocycles. The molecule has 0 aliphatic carbocycles. The molecule has 1 aromatic heterocycles. The van der Waals surface area contributed by atoms with E-state index in [1.54, 1.807) is 17.5 Å². The molecule has 0 bridgehead atoms. The molecule has 8 heteroatoms. The smallest absolute Gasteiger partial charge is 0.252 e. The summed E-state index contributed by atoms with van der Waals surface area (Å²) in [7, 11) is -3.61. The van der Waals surface area contributed by atoms with Crippen LogP contribution < -0.4 is 4.90 Å². The second-order valence-electron chi connectivity index (χ2n) is 9.48. The number of rotatable bonds is 5. The maximum Gasteiger partial charge on any atom is 0.252 e. The van der Waals surface area contributed by atoms with E-state index in [9.17, 15) is 13.2 Å². The lowest BCUT2D eigenvalue weighted by molar-refractivity contribution is -0.135. The van der Waals surface area contributed by atoms with Crippen LogP contribution >= 0.6 is 11.3 Å². The number of anilines is 1. The fourth-order valence-electron chi connectivity index (χ4n) is 5.25. The number of sulfonamides is 1. The number of hydrogen-bond donors (Lipinski definition) is 0. The van der Waals surface area contributed by atoms with Crippen LogP contribution in [0.2, 0.25) is 0 Å². The highest BCUT2D eigenvalue weighted by molar-refractivity contribution is 7.91. The number of piperazine rings is 1. The summed E-state index contributed by atoms with van der Waals surface area (Å²) in [5.41, 5.74) is 4.72. The molecular weight excluding hydrogens is 478 g/mol. The summed E-state index contributed by atoms with van der Waals surface area (Å²) in [4.78, 5) is 18.1. The second-order valence-corrected chi connectivity index (χ2v) is 12.6. The molecule has 35 heavy (non-hydrogen) atoms. The summed E-state index contributed by atoms with van der Waals surface area (Å²) < 4.78 is 28.4. The molecule has 2 unspecified atom stereocenters. The summed E-state index contributed by atoms with van der Waals surface area (Å²) >= 11 is 1.22. The van der Waals surface area contributed by atoms with Crippen LogP contribution in [0.3, 0.4) is 0 Å². The van der Waals surface area contributed by atoms with Gasteiger partial charge in [0.15, 0.2) is 0 Å². The molecule has 184 valence electrons. The molecule has 0 saturated carbocycles. The molecule has 5 rings (SSSR count). The number of nitrogens with zero attached hydrogens (tertiary/aromatic N) is 3. The highest BCUT2D eigenvalue weighted by Gasteiger charge is 2.45. The Labute approximate surface area is 211 Å². The first-order chi connectivity index (χ1) is 16.8. The largest absolute Gasteiger partial charge is 0.368 e. The van der Waals surface area contributed by atoms with Gasteiger partial charge in [0, 0.05) is 50.9 Å². The minimum Gasteiger partial charge on any atom is -0.368 e. The van der Waals surface area contributed by atoms with Crippen molar-refractivity contribution in [2.45, 2.75) is 24.0 Å². The van der Waals surface area contributed by atoms with Gasteiger partial charge >= 0.3 is 0 Å². The number of hydrogen-bond acceptors (Lipinski definition) is 5. The summed E-state index contributed by atoms with van der Waals surface area (Å²) in [6.07, 6.45) is 0. The van der Waals surface area contributed by atoms with Gasteiger partial charge in [0.2, 0.25) is 5.91 Å². The lowest BCUT2D eigenvalue weighted by atomic mass is 9.88. The van der Waals surface area contributed by atoms with Gasteiger partial charge in [-0.1, -0.05) is 48.5 Å². The van der Waals surface area contributed by atoms with Crippen LogP contribution in [0.1, 0.15) is 22.6 Å². The molecule has 3 aromatic rings. The van der Waals surface area contributed by atoms with E-state index >= 15 is 0 Å². The molecule has 2 aliphatic rings. The highest BCUT2D eigenvalue weighted by Crippen LogP contribution is 2.38. The number of amides is 1. The number of carbonyl (C=O) groups is 1. The molecule has 2 saturated heterocycles. The van der Waals surface area contributed by atoms with E-state index in [1.165, 1.54) is 32.5 Å². The van der Waals surface area contributed by atoms with Gasteiger partial charge in [0.05, 0.1) is 5.92 Å². The zero-order valence-electron chi connectivity index (χ0n) is 20.1. The van der Waals surface area contributed by atoms with Crippen molar-refractivity contribution < 1.29 is 13.2 Å². The molecule has 0 radical (unpaired) electrons. The highest BCUT2D eigenvalue weighted by atomic mass is 32.2. The number of benzene rings is 2. The number of carbonyl (C=O) groups excluding carboxylic acids is 1. The fraction of sp³-hybridized carbons (Fsp3) is 0.370. The van der Waals surface area contributed by atoms with Crippen molar-refractivity contribution in [2.75, 3.05) is 44.2 Å². The first-order valence-corrected chi connectivity index (χ1v) is 14.4. The van der Waals surface area contributed by atoms with Crippen molar-refractivity contribution in [1.29, 1.82) is 0 Å². The van der Waals surface area contributed by atoms with E-state index in [4.69, 9.17) is 0 Å². The predicted octanol–water partition coefficient (Wildman–Crippen LogP) is 4.12. The van der Waals surface area contributed by atoms with Crippen LogP contribution in [0.4, 0.5) is 5.69 Å². The van der Waals surface area contributed by atoms with Gasteiger partial charge in [-0.05, 0) is 48.1 Å². The second kappa shape index (κ2) is 9.76. The number of aryl methyl sites for hydroxylation is 2. The average molecular weight is 510 g/mol. The maximum atomic E-state index is 13.8.